The zero-order chi connectivity index (χ0) is 13.2. The van der Waals surface area contributed by atoms with Gasteiger partial charge in [0, 0.05) is 17.1 Å². The molecule has 0 unspecified atom stereocenters. The fourth-order valence-corrected chi connectivity index (χ4v) is 2.80. The number of hydrogen-bond donors (Lipinski definition) is 0. The predicted octanol–water partition coefficient (Wildman–Crippen LogP) is 3.44. The van der Waals surface area contributed by atoms with Crippen molar-refractivity contribution in [3.05, 3.63) is 27.3 Å². The van der Waals surface area contributed by atoms with Crippen LogP contribution in [0.2, 0.25) is 0 Å². The Morgan fingerprint density at radius 1 is 1.39 bits per heavy atom. The average molecular weight is 360 g/mol. The fraction of sp³-hybridized carbons (Fsp3) is 0.500. The first kappa shape index (κ1) is 13.8. The summed E-state index contributed by atoms with van der Waals surface area (Å²) in [5.74, 6) is 0.748. The molecule has 98 valence electrons. The van der Waals surface area contributed by atoms with Crippen molar-refractivity contribution in [1.29, 1.82) is 0 Å². The second kappa shape index (κ2) is 5.57. The molecule has 3 nitrogen and oxygen atoms in total. The highest BCUT2D eigenvalue weighted by Gasteiger charge is 2.39. The highest BCUT2D eigenvalue weighted by atomic mass is 127. The van der Waals surface area contributed by atoms with E-state index in [1.807, 2.05) is 18.2 Å². The predicted molar refractivity (Wildman–Crippen MR) is 78.2 cm³/mol. The van der Waals surface area contributed by atoms with E-state index in [9.17, 15) is 4.79 Å². The van der Waals surface area contributed by atoms with Gasteiger partial charge in [0.2, 0.25) is 0 Å². The van der Waals surface area contributed by atoms with E-state index in [2.05, 4.69) is 22.6 Å². The molecule has 0 atom stereocenters. The molecule has 0 heterocycles. The van der Waals surface area contributed by atoms with Gasteiger partial charge in [-0.25, -0.2) is 0 Å². The molecule has 1 aliphatic rings. The van der Waals surface area contributed by atoms with Crippen molar-refractivity contribution in [1.82, 2.24) is 0 Å². The van der Waals surface area contributed by atoms with Gasteiger partial charge in [0.05, 0.1) is 18.3 Å². The van der Waals surface area contributed by atoms with Crippen LogP contribution in [0.4, 0.5) is 0 Å². The Balaban J connectivity index is 2.20. The van der Waals surface area contributed by atoms with Crippen LogP contribution >= 0.6 is 22.6 Å². The maximum Gasteiger partial charge on any atom is 0.169 e. The zero-order valence-corrected chi connectivity index (χ0v) is 12.8. The van der Waals surface area contributed by atoms with E-state index in [0.29, 0.717) is 17.7 Å². The lowest BCUT2D eigenvalue weighted by Crippen LogP contribution is -2.41. The largest absolute Gasteiger partial charge is 0.496 e. The van der Waals surface area contributed by atoms with Crippen LogP contribution < -0.4 is 4.74 Å². The molecule has 0 aromatic heterocycles. The third kappa shape index (κ3) is 2.69. The van der Waals surface area contributed by atoms with Crippen LogP contribution in [0.5, 0.6) is 5.75 Å². The van der Waals surface area contributed by atoms with E-state index in [1.54, 1.807) is 14.2 Å². The number of Topliss-reactive ketones (excluding diaryl/α,β-unsaturated/α-hetero) is 1. The quantitative estimate of drug-likeness (QED) is 0.596. The van der Waals surface area contributed by atoms with Gasteiger partial charge in [-0.1, -0.05) is 0 Å². The van der Waals surface area contributed by atoms with Crippen molar-refractivity contribution >= 4 is 28.4 Å². The van der Waals surface area contributed by atoms with Crippen molar-refractivity contribution in [3.63, 3.8) is 0 Å². The van der Waals surface area contributed by atoms with E-state index in [0.717, 1.165) is 22.8 Å². The van der Waals surface area contributed by atoms with Crippen molar-refractivity contribution < 1.29 is 14.3 Å². The van der Waals surface area contributed by atoms with Gasteiger partial charge in [-0.3, -0.25) is 4.79 Å². The molecule has 4 heteroatoms. The standard InChI is InChI=1S/C14H17IO3/c1-17-13-5-4-10(15)8-11(13)12(16)9-14(18-2)6-3-7-14/h4-5,8H,3,6-7,9H2,1-2H3. The lowest BCUT2D eigenvalue weighted by molar-refractivity contribution is -0.0705. The summed E-state index contributed by atoms with van der Waals surface area (Å²) in [6.07, 6.45) is 3.54. The molecule has 0 N–H and O–H groups in total. The molecule has 0 amide bonds. The number of methoxy groups -OCH3 is 2. The minimum Gasteiger partial charge on any atom is -0.496 e. The molecule has 18 heavy (non-hydrogen) atoms. The molecule has 0 radical (unpaired) electrons. The van der Waals surface area contributed by atoms with Gasteiger partial charge >= 0.3 is 0 Å². The smallest absolute Gasteiger partial charge is 0.169 e. The van der Waals surface area contributed by atoms with Crippen LogP contribution in [-0.4, -0.2) is 25.6 Å². The number of ether oxygens (including phenoxy) is 2. The minimum atomic E-state index is -0.233. The Kier molecular flexibility index (Phi) is 4.27. The summed E-state index contributed by atoms with van der Waals surface area (Å²) in [7, 11) is 3.28. The average Bonchev–Trinajstić information content (AvgIpc) is 2.33. The monoisotopic (exact) mass is 360 g/mol. The highest BCUT2D eigenvalue weighted by molar-refractivity contribution is 14.1. The maximum absolute atomic E-state index is 12.4. The van der Waals surface area contributed by atoms with Crippen LogP contribution in [0.25, 0.3) is 0 Å². The number of benzene rings is 1. The Morgan fingerprint density at radius 3 is 2.61 bits per heavy atom. The van der Waals surface area contributed by atoms with Gasteiger partial charge in [0.15, 0.2) is 5.78 Å². The summed E-state index contributed by atoms with van der Waals surface area (Å²) in [4.78, 5) is 12.4. The Bertz CT molecular complexity index is 447. The zero-order valence-electron chi connectivity index (χ0n) is 10.7. The molecule has 0 aliphatic heterocycles. The van der Waals surface area contributed by atoms with Gasteiger partial charge in [-0.2, -0.15) is 0 Å². The second-order valence-corrected chi connectivity index (χ2v) is 5.93. The molecule has 1 saturated carbocycles. The van der Waals surface area contributed by atoms with Crippen LogP contribution in [0.15, 0.2) is 18.2 Å². The minimum absolute atomic E-state index is 0.104. The number of carbonyl (C=O) groups excluding carboxylic acids is 1. The van der Waals surface area contributed by atoms with Gasteiger partial charge in [0.1, 0.15) is 5.75 Å². The first-order valence-electron chi connectivity index (χ1n) is 6.02. The van der Waals surface area contributed by atoms with E-state index in [1.165, 1.54) is 0 Å². The molecule has 0 bridgehead atoms. The Labute approximate surface area is 121 Å². The topological polar surface area (TPSA) is 35.5 Å². The lowest BCUT2D eigenvalue weighted by atomic mass is 9.75. The highest BCUT2D eigenvalue weighted by Crippen LogP contribution is 2.39. The number of rotatable bonds is 5. The fourth-order valence-electron chi connectivity index (χ4n) is 2.31. The summed E-state index contributed by atoms with van der Waals surface area (Å²) in [6.45, 7) is 0. The van der Waals surface area contributed by atoms with E-state index in [-0.39, 0.29) is 11.4 Å². The van der Waals surface area contributed by atoms with E-state index >= 15 is 0 Å². The lowest BCUT2D eigenvalue weighted by Gasteiger charge is -2.40. The van der Waals surface area contributed by atoms with Crippen molar-refractivity contribution in [2.24, 2.45) is 0 Å². The molecule has 1 aromatic carbocycles. The van der Waals surface area contributed by atoms with Crippen LogP contribution in [0, 0.1) is 3.57 Å². The van der Waals surface area contributed by atoms with Crippen molar-refractivity contribution in [2.45, 2.75) is 31.3 Å². The molecule has 2 rings (SSSR count). The summed E-state index contributed by atoms with van der Waals surface area (Å²) in [5.41, 5.74) is 0.427. The Morgan fingerprint density at radius 2 is 2.11 bits per heavy atom. The number of halogens is 1. The first-order chi connectivity index (χ1) is 8.60. The van der Waals surface area contributed by atoms with Gasteiger partial charge in [-0.05, 0) is 60.1 Å². The van der Waals surface area contributed by atoms with Crippen molar-refractivity contribution in [3.8, 4) is 5.75 Å². The van der Waals surface area contributed by atoms with Crippen LogP contribution in [0.3, 0.4) is 0 Å². The summed E-state index contributed by atoms with van der Waals surface area (Å²) in [6, 6.07) is 5.66. The summed E-state index contributed by atoms with van der Waals surface area (Å²) < 4.78 is 11.8. The molecule has 1 fully saturated rings. The molecule has 0 spiro atoms. The van der Waals surface area contributed by atoms with Crippen LogP contribution in [0.1, 0.15) is 36.0 Å². The summed E-state index contributed by atoms with van der Waals surface area (Å²) in [5, 5.41) is 0. The van der Waals surface area contributed by atoms with E-state index in [4.69, 9.17) is 9.47 Å². The Hall–Kier alpha value is -0.620. The molecular formula is C14H17IO3. The normalized spacial score (nSPS) is 17.1. The first-order valence-corrected chi connectivity index (χ1v) is 7.10. The van der Waals surface area contributed by atoms with Crippen molar-refractivity contribution in [2.75, 3.05) is 14.2 Å². The number of ketones is 1. The molecule has 1 aromatic rings. The third-order valence-electron chi connectivity index (χ3n) is 3.64. The molecular weight excluding hydrogens is 343 g/mol. The van der Waals surface area contributed by atoms with Gasteiger partial charge < -0.3 is 9.47 Å². The van der Waals surface area contributed by atoms with E-state index < -0.39 is 0 Å². The summed E-state index contributed by atoms with van der Waals surface area (Å²) >= 11 is 2.20. The maximum atomic E-state index is 12.4. The van der Waals surface area contributed by atoms with Crippen LogP contribution in [-0.2, 0) is 4.74 Å². The van der Waals surface area contributed by atoms with Gasteiger partial charge in [0.25, 0.3) is 0 Å². The molecule has 1 aliphatic carbocycles. The number of carbonyl (C=O) groups is 1. The van der Waals surface area contributed by atoms with Gasteiger partial charge in [-0.15, -0.1) is 0 Å². The third-order valence-corrected chi connectivity index (χ3v) is 4.31. The SMILES string of the molecule is COc1ccc(I)cc1C(=O)CC1(OC)CCC1. The number of hydrogen-bond acceptors (Lipinski definition) is 3. The molecule has 0 saturated heterocycles. The second-order valence-electron chi connectivity index (χ2n) is 4.69.